The summed E-state index contributed by atoms with van der Waals surface area (Å²) in [4.78, 5) is 0. The zero-order valence-electron chi connectivity index (χ0n) is 7.24. The summed E-state index contributed by atoms with van der Waals surface area (Å²) < 4.78 is 24.7. The number of alkyl halides is 1. The van der Waals surface area contributed by atoms with E-state index in [1.54, 1.807) is 0 Å². The standard InChI is InChI=1S/C7H14BrNO3S/c8-5-13(11,12)9-6-2-1-3-7(10)4-6/h6-7,9-10H,1-5H2/t6-,7+/m0/s1. The SMILES string of the molecule is O=S(=O)(CBr)N[C@H]1CCC[C@@H](O)C1. The monoisotopic (exact) mass is 271 g/mol. The van der Waals surface area contributed by atoms with Crippen molar-refractivity contribution in [2.45, 2.75) is 37.8 Å². The fourth-order valence-corrected chi connectivity index (χ4v) is 2.74. The van der Waals surface area contributed by atoms with E-state index in [-0.39, 0.29) is 16.8 Å². The summed E-state index contributed by atoms with van der Waals surface area (Å²) in [5.74, 6) is 0. The van der Waals surface area contributed by atoms with Gasteiger partial charge in [0.25, 0.3) is 0 Å². The molecule has 1 aliphatic rings. The second kappa shape index (κ2) is 4.72. The van der Waals surface area contributed by atoms with E-state index >= 15 is 0 Å². The van der Waals surface area contributed by atoms with Gasteiger partial charge in [-0.1, -0.05) is 15.9 Å². The lowest BCUT2D eigenvalue weighted by Gasteiger charge is -2.25. The molecule has 0 bridgehead atoms. The number of sulfonamides is 1. The minimum absolute atomic E-state index is 0.0768. The molecule has 4 nitrogen and oxygen atoms in total. The number of nitrogens with one attached hydrogen (secondary N) is 1. The molecule has 0 amide bonds. The Morgan fingerprint density at radius 2 is 2.15 bits per heavy atom. The van der Waals surface area contributed by atoms with Crippen molar-refractivity contribution in [3.8, 4) is 0 Å². The van der Waals surface area contributed by atoms with Gasteiger partial charge < -0.3 is 5.11 Å². The third kappa shape index (κ3) is 3.93. The minimum Gasteiger partial charge on any atom is -0.393 e. The Bertz CT molecular complexity index is 254. The van der Waals surface area contributed by atoms with Crippen molar-refractivity contribution >= 4 is 26.0 Å². The molecule has 0 radical (unpaired) electrons. The van der Waals surface area contributed by atoms with Crippen LogP contribution in [0.5, 0.6) is 0 Å². The zero-order valence-corrected chi connectivity index (χ0v) is 9.64. The van der Waals surface area contributed by atoms with Gasteiger partial charge in [-0.3, -0.25) is 0 Å². The molecule has 2 N–H and O–H groups in total. The number of hydrogen-bond acceptors (Lipinski definition) is 3. The molecule has 1 fully saturated rings. The Hall–Kier alpha value is 0.350. The summed E-state index contributed by atoms with van der Waals surface area (Å²) >= 11 is 2.90. The van der Waals surface area contributed by atoms with Crippen LogP contribution in [0, 0.1) is 0 Å². The molecule has 6 heteroatoms. The van der Waals surface area contributed by atoms with Gasteiger partial charge in [-0.05, 0) is 25.7 Å². The summed E-state index contributed by atoms with van der Waals surface area (Å²) in [5.41, 5.74) is 0. The summed E-state index contributed by atoms with van der Waals surface area (Å²) in [7, 11) is -3.19. The quantitative estimate of drug-likeness (QED) is 0.738. The minimum atomic E-state index is -3.19. The van der Waals surface area contributed by atoms with E-state index in [1.165, 1.54) is 0 Å². The number of aliphatic hydroxyl groups excluding tert-OH is 1. The largest absolute Gasteiger partial charge is 0.393 e. The van der Waals surface area contributed by atoms with Crippen LogP contribution in [0.3, 0.4) is 0 Å². The number of halogens is 1. The van der Waals surface area contributed by atoms with E-state index in [0.717, 1.165) is 19.3 Å². The van der Waals surface area contributed by atoms with Crippen LogP contribution in [0.1, 0.15) is 25.7 Å². The van der Waals surface area contributed by atoms with E-state index in [4.69, 9.17) is 0 Å². The molecule has 0 unspecified atom stereocenters. The van der Waals surface area contributed by atoms with Gasteiger partial charge in [0.05, 0.1) is 6.10 Å². The Balaban J connectivity index is 2.45. The number of rotatable bonds is 3. The van der Waals surface area contributed by atoms with Crippen molar-refractivity contribution in [1.82, 2.24) is 4.72 Å². The van der Waals surface area contributed by atoms with Gasteiger partial charge in [-0.25, -0.2) is 13.1 Å². The zero-order chi connectivity index (χ0) is 9.90. The first kappa shape index (κ1) is 11.4. The van der Waals surface area contributed by atoms with Crippen molar-refractivity contribution in [2.75, 3.05) is 4.66 Å². The van der Waals surface area contributed by atoms with Crippen molar-refractivity contribution in [2.24, 2.45) is 0 Å². The third-order valence-corrected chi connectivity index (χ3v) is 4.92. The average Bonchev–Trinajstić information content (AvgIpc) is 2.03. The Morgan fingerprint density at radius 3 is 2.69 bits per heavy atom. The lowest BCUT2D eigenvalue weighted by molar-refractivity contribution is 0.117. The van der Waals surface area contributed by atoms with Crippen LogP contribution >= 0.6 is 15.9 Å². The fourth-order valence-electron chi connectivity index (χ4n) is 1.56. The molecule has 0 heterocycles. The fraction of sp³-hybridized carbons (Fsp3) is 1.00. The van der Waals surface area contributed by atoms with Gasteiger partial charge in [-0.15, -0.1) is 0 Å². The molecule has 1 saturated carbocycles. The second-order valence-electron chi connectivity index (χ2n) is 3.36. The molecule has 1 aliphatic carbocycles. The summed E-state index contributed by atoms with van der Waals surface area (Å²) in [5, 5.41) is 9.30. The topological polar surface area (TPSA) is 66.4 Å². The lowest BCUT2D eigenvalue weighted by atomic mass is 9.94. The molecule has 78 valence electrons. The summed E-state index contributed by atoms with van der Waals surface area (Å²) in [6, 6.07) is -0.0914. The normalized spacial score (nSPS) is 30.3. The maximum Gasteiger partial charge on any atom is 0.221 e. The van der Waals surface area contributed by atoms with Crippen molar-refractivity contribution < 1.29 is 13.5 Å². The Kier molecular flexibility index (Phi) is 4.15. The first-order chi connectivity index (χ1) is 6.03. The van der Waals surface area contributed by atoms with Crippen molar-refractivity contribution in [1.29, 1.82) is 0 Å². The molecule has 0 aromatic carbocycles. The van der Waals surface area contributed by atoms with Gasteiger partial charge in [0, 0.05) is 6.04 Å². The van der Waals surface area contributed by atoms with Crippen molar-refractivity contribution in [3.63, 3.8) is 0 Å². The first-order valence-electron chi connectivity index (χ1n) is 4.27. The second-order valence-corrected chi connectivity index (χ2v) is 6.42. The van der Waals surface area contributed by atoms with Crippen molar-refractivity contribution in [3.05, 3.63) is 0 Å². The van der Waals surface area contributed by atoms with Crippen LogP contribution < -0.4 is 4.72 Å². The molecular formula is C7H14BrNO3S. The highest BCUT2D eigenvalue weighted by atomic mass is 79.9. The van der Waals surface area contributed by atoms with E-state index in [2.05, 4.69) is 20.7 Å². The Morgan fingerprint density at radius 1 is 1.46 bits per heavy atom. The summed E-state index contributed by atoms with van der Waals surface area (Å²) in [6.07, 6.45) is 2.68. The average molecular weight is 272 g/mol. The van der Waals surface area contributed by atoms with Crippen LogP contribution in [-0.4, -0.2) is 30.3 Å². The van der Waals surface area contributed by atoms with Crippen LogP contribution in [0.4, 0.5) is 0 Å². The van der Waals surface area contributed by atoms with Gasteiger partial charge in [0.15, 0.2) is 0 Å². The lowest BCUT2D eigenvalue weighted by Crippen LogP contribution is -2.40. The van der Waals surface area contributed by atoms with Crippen LogP contribution in [0.2, 0.25) is 0 Å². The predicted molar refractivity (Wildman–Crippen MR) is 54.1 cm³/mol. The smallest absolute Gasteiger partial charge is 0.221 e. The van der Waals surface area contributed by atoms with Gasteiger partial charge in [0.1, 0.15) is 4.66 Å². The molecule has 0 aromatic heterocycles. The van der Waals surface area contributed by atoms with Crippen LogP contribution in [0.25, 0.3) is 0 Å². The van der Waals surface area contributed by atoms with E-state index < -0.39 is 10.0 Å². The van der Waals surface area contributed by atoms with E-state index in [9.17, 15) is 13.5 Å². The van der Waals surface area contributed by atoms with Gasteiger partial charge in [0.2, 0.25) is 10.0 Å². The van der Waals surface area contributed by atoms with E-state index in [0.29, 0.717) is 6.42 Å². The first-order valence-corrected chi connectivity index (χ1v) is 7.05. The van der Waals surface area contributed by atoms with E-state index in [1.807, 2.05) is 0 Å². The number of aliphatic hydroxyl groups is 1. The van der Waals surface area contributed by atoms with Gasteiger partial charge >= 0.3 is 0 Å². The molecule has 0 aromatic rings. The third-order valence-electron chi connectivity index (χ3n) is 2.14. The molecule has 2 atom stereocenters. The molecular weight excluding hydrogens is 258 g/mol. The van der Waals surface area contributed by atoms with Crippen LogP contribution in [-0.2, 0) is 10.0 Å². The molecule has 1 rings (SSSR count). The van der Waals surface area contributed by atoms with Gasteiger partial charge in [-0.2, -0.15) is 0 Å². The highest BCUT2D eigenvalue weighted by Crippen LogP contribution is 2.19. The predicted octanol–water partition coefficient (Wildman–Crippen LogP) is 0.562. The number of hydrogen-bond donors (Lipinski definition) is 2. The molecule has 13 heavy (non-hydrogen) atoms. The highest BCUT2D eigenvalue weighted by molar-refractivity contribution is 9.10. The highest BCUT2D eigenvalue weighted by Gasteiger charge is 2.23. The van der Waals surface area contributed by atoms with Crippen LogP contribution in [0.15, 0.2) is 0 Å². The maximum absolute atomic E-state index is 11.1. The molecule has 0 spiro atoms. The molecule has 0 saturated heterocycles. The molecule has 0 aliphatic heterocycles. The maximum atomic E-state index is 11.1. The Labute approximate surface area is 86.9 Å². The summed E-state index contributed by atoms with van der Waals surface area (Å²) in [6.45, 7) is 0.